The zero-order valence-corrected chi connectivity index (χ0v) is 15.8. The van der Waals surface area contributed by atoms with E-state index in [2.05, 4.69) is 31.2 Å². The highest BCUT2D eigenvalue weighted by molar-refractivity contribution is 9.10. The number of benzene rings is 1. The van der Waals surface area contributed by atoms with Crippen LogP contribution >= 0.6 is 27.5 Å². The van der Waals surface area contributed by atoms with Gasteiger partial charge in [-0.25, -0.2) is 9.67 Å². The molecule has 1 aliphatic carbocycles. The first kappa shape index (κ1) is 16.8. The summed E-state index contributed by atoms with van der Waals surface area (Å²) in [7, 11) is 0. The Kier molecular flexibility index (Phi) is 4.39. The highest BCUT2D eigenvalue weighted by Gasteiger charge is 2.24. The lowest BCUT2D eigenvalue weighted by molar-refractivity contribution is 0.194. The van der Waals surface area contributed by atoms with Gasteiger partial charge in [0.25, 0.3) is 0 Å². The monoisotopic (exact) mass is 422 g/mol. The fraction of sp³-hybridized carbons (Fsp3) is 0.353. The standard InChI is InChI=1S/C17H16BrClN4O2/c1-9(24)12-6-11(19)7-20-17(12)25-14-5-4-13-16(15(14)18)21-22-23(13)8-10-2-3-10/h4-7,9-10,24H,2-3,8H2,1H3. The molecule has 0 spiro atoms. The minimum Gasteiger partial charge on any atom is -0.437 e. The molecule has 0 bridgehead atoms. The average Bonchev–Trinajstić information content (AvgIpc) is 3.30. The van der Waals surface area contributed by atoms with Crippen LogP contribution in [0.3, 0.4) is 0 Å². The van der Waals surface area contributed by atoms with Crippen molar-refractivity contribution in [3.8, 4) is 11.6 Å². The Labute approximate surface area is 157 Å². The summed E-state index contributed by atoms with van der Waals surface area (Å²) in [6.07, 6.45) is 3.26. The van der Waals surface area contributed by atoms with E-state index in [4.69, 9.17) is 16.3 Å². The van der Waals surface area contributed by atoms with Gasteiger partial charge in [0, 0.05) is 18.3 Å². The van der Waals surface area contributed by atoms with Crippen LogP contribution in [0.5, 0.6) is 11.6 Å². The van der Waals surface area contributed by atoms with Crippen molar-refractivity contribution in [2.24, 2.45) is 5.92 Å². The normalized spacial score (nSPS) is 15.5. The number of aliphatic hydroxyl groups is 1. The number of hydrogen-bond donors (Lipinski definition) is 1. The molecule has 1 unspecified atom stereocenters. The number of pyridine rings is 1. The number of aliphatic hydroxyl groups excluding tert-OH is 1. The lowest BCUT2D eigenvalue weighted by Gasteiger charge is -2.13. The maximum atomic E-state index is 9.93. The van der Waals surface area contributed by atoms with Gasteiger partial charge in [-0.3, -0.25) is 0 Å². The SMILES string of the molecule is CC(O)c1cc(Cl)cnc1Oc1ccc2c(nnn2CC2CC2)c1Br. The molecule has 1 atom stereocenters. The van der Waals surface area contributed by atoms with Crippen LogP contribution in [0.15, 0.2) is 28.9 Å². The predicted octanol–water partition coefficient (Wildman–Crippen LogP) is 4.50. The lowest BCUT2D eigenvalue weighted by atomic mass is 10.2. The zero-order valence-electron chi connectivity index (χ0n) is 13.5. The Morgan fingerprint density at radius 3 is 2.96 bits per heavy atom. The minimum absolute atomic E-state index is 0.310. The minimum atomic E-state index is -0.747. The largest absolute Gasteiger partial charge is 0.437 e. The van der Waals surface area contributed by atoms with Crippen LogP contribution in [-0.4, -0.2) is 25.1 Å². The molecule has 0 saturated heterocycles. The zero-order chi connectivity index (χ0) is 17.6. The summed E-state index contributed by atoms with van der Waals surface area (Å²) in [5, 5.41) is 18.9. The van der Waals surface area contributed by atoms with Crippen molar-refractivity contribution in [3.05, 3.63) is 39.5 Å². The average molecular weight is 424 g/mol. The maximum Gasteiger partial charge on any atom is 0.225 e. The van der Waals surface area contributed by atoms with Gasteiger partial charge in [0.15, 0.2) is 0 Å². The van der Waals surface area contributed by atoms with Crippen molar-refractivity contribution in [2.45, 2.75) is 32.4 Å². The Balaban J connectivity index is 1.69. The molecule has 1 saturated carbocycles. The van der Waals surface area contributed by atoms with Crippen LogP contribution in [0.2, 0.25) is 5.02 Å². The summed E-state index contributed by atoms with van der Waals surface area (Å²) >= 11 is 9.52. The topological polar surface area (TPSA) is 73.1 Å². The second kappa shape index (κ2) is 6.55. The number of fused-ring (bicyclic) bond motifs is 1. The summed E-state index contributed by atoms with van der Waals surface area (Å²) in [5.41, 5.74) is 2.23. The summed E-state index contributed by atoms with van der Waals surface area (Å²) in [4.78, 5) is 4.19. The van der Waals surface area contributed by atoms with E-state index < -0.39 is 6.10 Å². The molecule has 8 heteroatoms. The fourth-order valence-corrected chi connectivity index (χ4v) is 3.34. The number of ether oxygens (including phenoxy) is 1. The molecule has 25 heavy (non-hydrogen) atoms. The molecule has 2 heterocycles. The molecule has 1 aromatic carbocycles. The van der Waals surface area contributed by atoms with Crippen molar-refractivity contribution in [3.63, 3.8) is 0 Å². The molecular weight excluding hydrogens is 408 g/mol. The van der Waals surface area contributed by atoms with Gasteiger partial charge in [0.1, 0.15) is 11.3 Å². The molecule has 0 amide bonds. The lowest BCUT2D eigenvalue weighted by Crippen LogP contribution is -2.01. The number of aromatic nitrogens is 4. The molecule has 3 aromatic rings. The van der Waals surface area contributed by atoms with E-state index >= 15 is 0 Å². The Morgan fingerprint density at radius 2 is 2.24 bits per heavy atom. The maximum absolute atomic E-state index is 9.93. The van der Waals surface area contributed by atoms with Crippen LogP contribution in [0.25, 0.3) is 11.0 Å². The molecule has 0 radical (unpaired) electrons. The highest BCUT2D eigenvalue weighted by Crippen LogP contribution is 2.38. The molecule has 2 aromatic heterocycles. The third-order valence-electron chi connectivity index (χ3n) is 4.22. The van der Waals surface area contributed by atoms with Crippen molar-refractivity contribution in [1.29, 1.82) is 0 Å². The molecule has 130 valence electrons. The third-order valence-corrected chi connectivity index (χ3v) is 5.19. The fourth-order valence-electron chi connectivity index (χ4n) is 2.68. The van der Waals surface area contributed by atoms with Crippen molar-refractivity contribution < 1.29 is 9.84 Å². The van der Waals surface area contributed by atoms with Crippen molar-refractivity contribution >= 4 is 38.6 Å². The summed E-state index contributed by atoms with van der Waals surface area (Å²) in [5.74, 6) is 1.58. The number of rotatable bonds is 5. The molecular formula is C17H16BrClN4O2. The second-order valence-corrected chi connectivity index (χ2v) is 7.52. The molecule has 1 aliphatic rings. The molecule has 1 fully saturated rings. The summed E-state index contributed by atoms with van der Waals surface area (Å²) < 4.78 is 8.56. The van der Waals surface area contributed by atoms with Gasteiger partial charge in [0.05, 0.1) is 21.1 Å². The highest BCUT2D eigenvalue weighted by atomic mass is 79.9. The van der Waals surface area contributed by atoms with E-state index in [0.29, 0.717) is 32.6 Å². The van der Waals surface area contributed by atoms with Gasteiger partial charge in [-0.15, -0.1) is 5.10 Å². The van der Waals surface area contributed by atoms with E-state index in [1.165, 1.54) is 19.0 Å². The van der Waals surface area contributed by atoms with Crippen molar-refractivity contribution in [1.82, 2.24) is 20.0 Å². The van der Waals surface area contributed by atoms with Gasteiger partial charge in [-0.05, 0) is 59.8 Å². The van der Waals surface area contributed by atoms with Gasteiger partial charge in [0.2, 0.25) is 5.88 Å². The van der Waals surface area contributed by atoms with Gasteiger partial charge in [-0.1, -0.05) is 16.8 Å². The van der Waals surface area contributed by atoms with Crippen molar-refractivity contribution in [2.75, 3.05) is 0 Å². The van der Waals surface area contributed by atoms with E-state index in [9.17, 15) is 5.11 Å². The predicted molar refractivity (Wildman–Crippen MR) is 97.9 cm³/mol. The van der Waals surface area contributed by atoms with Gasteiger partial charge in [-0.2, -0.15) is 0 Å². The number of halogens is 2. The summed E-state index contributed by atoms with van der Waals surface area (Å²) in [6.45, 7) is 2.54. The molecule has 0 aliphatic heterocycles. The Morgan fingerprint density at radius 1 is 1.44 bits per heavy atom. The molecule has 4 rings (SSSR count). The first-order valence-corrected chi connectivity index (χ1v) is 9.23. The molecule has 1 N–H and O–H groups in total. The molecule has 6 nitrogen and oxygen atoms in total. The number of nitrogens with zero attached hydrogens (tertiary/aromatic N) is 4. The van der Waals surface area contributed by atoms with E-state index in [1.807, 2.05) is 16.8 Å². The third kappa shape index (κ3) is 3.36. The van der Waals surface area contributed by atoms with E-state index in [0.717, 1.165) is 17.6 Å². The van der Waals surface area contributed by atoms with Gasteiger partial charge < -0.3 is 9.84 Å². The number of hydrogen-bond acceptors (Lipinski definition) is 5. The van der Waals surface area contributed by atoms with Crippen LogP contribution < -0.4 is 4.74 Å². The Hall–Kier alpha value is -1.70. The van der Waals surface area contributed by atoms with Gasteiger partial charge >= 0.3 is 0 Å². The summed E-state index contributed by atoms with van der Waals surface area (Å²) in [6, 6.07) is 5.43. The first-order valence-electron chi connectivity index (χ1n) is 8.06. The van der Waals surface area contributed by atoms with E-state index in [-0.39, 0.29) is 0 Å². The van der Waals surface area contributed by atoms with Crippen LogP contribution in [-0.2, 0) is 6.54 Å². The first-order chi connectivity index (χ1) is 12.0. The van der Waals surface area contributed by atoms with E-state index in [1.54, 1.807) is 13.0 Å². The second-order valence-electron chi connectivity index (χ2n) is 6.29. The van der Waals surface area contributed by atoms with Crippen LogP contribution in [0.1, 0.15) is 31.4 Å². The smallest absolute Gasteiger partial charge is 0.225 e. The van der Waals surface area contributed by atoms with Crippen LogP contribution in [0, 0.1) is 5.92 Å². The quantitative estimate of drug-likeness (QED) is 0.654. The Bertz CT molecular complexity index is 940. The van der Waals surface area contributed by atoms with Crippen LogP contribution in [0.4, 0.5) is 0 Å².